The van der Waals surface area contributed by atoms with E-state index in [-0.39, 0.29) is 11.8 Å². The molecule has 1 heterocycles. The van der Waals surface area contributed by atoms with E-state index in [1.807, 2.05) is 50.9 Å². The third-order valence-corrected chi connectivity index (χ3v) is 5.05. The number of benzene rings is 1. The summed E-state index contributed by atoms with van der Waals surface area (Å²) >= 11 is 0. The van der Waals surface area contributed by atoms with E-state index in [9.17, 15) is 9.59 Å². The van der Waals surface area contributed by atoms with E-state index in [1.165, 1.54) is 6.42 Å². The van der Waals surface area contributed by atoms with Crippen LogP contribution in [0.25, 0.3) is 0 Å². The summed E-state index contributed by atoms with van der Waals surface area (Å²) < 4.78 is 0. The molecule has 2 rings (SSSR count). The summed E-state index contributed by atoms with van der Waals surface area (Å²) in [5, 5.41) is 6.14. The number of rotatable bonds is 7. The van der Waals surface area contributed by atoms with Crippen LogP contribution in [-0.2, 0) is 4.79 Å². The molecule has 5 heteroatoms. The van der Waals surface area contributed by atoms with Crippen LogP contribution in [0.2, 0.25) is 0 Å². The fourth-order valence-corrected chi connectivity index (χ4v) is 3.46. The van der Waals surface area contributed by atoms with Crippen molar-refractivity contribution in [3.05, 3.63) is 29.3 Å². The molecule has 0 radical (unpaired) electrons. The van der Waals surface area contributed by atoms with Gasteiger partial charge in [0.1, 0.15) is 0 Å². The summed E-state index contributed by atoms with van der Waals surface area (Å²) in [7, 11) is 1.98. The molecular formula is C21H33N3O2. The van der Waals surface area contributed by atoms with E-state index in [1.54, 1.807) is 0 Å². The fourth-order valence-electron chi connectivity index (χ4n) is 3.46. The summed E-state index contributed by atoms with van der Waals surface area (Å²) in [6.45, 7) is 8.69. The molecule has 26 heavy (non-hydrogen) atoms. The van der Waals surface area contributed by atoms with Gasteiger partial charge in [0.15, 0.2) is 0 Å². The smallest absolute Gasteiger partial charge is 0.253 e. The third-order valence-electron chi connectivity index (χ3n) is 5.05. The lowest BCUT2D eigenvalue weighted by molar-refractivity contribution is -0.116. The van der Waals surface area contributed by atoms with Crippen molar-refractivity contribution in [3.8, 4) is 0 Å². The van der Waals surface area contributed by atoms with Crippen molar-refractivity contribution in [1.29, 1.82) is 0 Å². The Morgan fingerprint density at radius 1 is 1.23 bits per heavy atom. The van der Waals surface area contributed by atoms with E-state index < -0.39 is 0 Å². The van der Waals surface area contributed by atoms with Crippen LogP contribution in [0.15, 0.2) is 18.2 Å². The number of likely N-dealkylation sites (tertiary alicyclic amines) is 1. The molecule has 1 aliphatic rings. The average molecular weight is 360 g/mol. The molecule has 0 aromatic heterocycles. The molecule has 1 aliphatic heterocycles. The zero-order valence-electron chi connectivity index (χ0n) is 16.6. The lowest BCUT2D eigenvalue weighted by Gasteiger charge is -2.32. The highest BCUT2D eigenvalue weighted by Gasteiger charge is 2.23. The number of hydrogen-bond acceptors (Lipinski definition) is 3. The SMILES string of the molecule is CNCCC1CCN(C(=O)c2ccc(NC(=O)CC(C)C)c(C)c2)CC1. The molecule has 0 unspecified atom stereocenters. The molecule has 1 fully saturated rings. The van der Waals surface area contributed by atoms with Crippen LogP contribution in [0, 0.1) is 18.8 Å². The fraction of sp³-hybridized carbons (Fsp3) is 0.619. The van der Waals surface area contributed by atoms with Crippen molar-refractivity contribution in [2.45, 2.75) is 46.5 Å². The van der Waals surface area contributed by atoms with Gasteiger partial charge in [-0.25, -0.2) is 0 Å². The molecule has 0 spiro atoms. The summed E-state index contributed by atoms with van der Waals surface area (Å²) in [6, 6.07) is 5.56. The van der Waals surface area contributed by atoms with Gasteiger partial charge >= 0.3 is 0 Å². The predicted molar refractivity (Wildman–Crippen MR) is 106 cm³/mol. The number of piperidine rings is 1. The van der Waals surface area contributed by atoms with E-state index in [2.05, 4.69) is 10.6 Å². The normalized spacial score (nSPS) is 15.3. The highest BCUT2D eigenvalue weighted by Crippen LogP contribution is 2.23. The quantitative estimate of drug-likeness (QED) is 0.784. The van der Waals surface area contributed by atoms with Crippen LogP contribution in [0.4, 0.5) is 5.69 Å². The van der Waals surface area contributed by atoms with Crippen molar-refractivity contribution >= 4 is 17.5 Å². The first-order chi connectivity index (χ1) is 12.4. The first kappa shape index (κ1) is 20.4. The molecular weight excluding hydrogens is 326 g/mol. The average Bonchev–Trinajstić information content (AvgIpc) is 2.61. The monoisotopic (exact) mass is 359 g/mol. The van der Waals surface area contributed by atoms with Crippen LogP contribution in [-0.4, -0.2) is 43.4 Å². The van der Waals surface area contributed by atoms with Crippen molar-refractivity contribution in [3.63, 3.8) is 0 Å². The molecule has 0 saturated carbocycles. The van der Waals surface area contributed by atoms with Crippen LogP contribution >= 0.6 is 0 Å². The highest BCUT2D eigenvalue weighted by molar-refractivity contribution is 5.96. The van der Waals surface area contributed by atoms with Crippen LogP contribution in [0.5, 0.6) is 0 Å². The minimum atomic E-state index is 0.0193. The predicted octanol–water partition coefficient (Wildman–Crippen LogP) is 3.44. The second kappa shape index (κ2) is 9.72. The van der Waals surface area contributed by atoms with Gasteiger partial charge in [0, 0.05) is 30.8 Å². The minimum Gasteiger partial charge on any atom is -0.339 e. The number of amides is 2. The maximum Gasteiger partial charge on any atom is 0.253 e. The van der Waals surface area contributed by atoms with Crippen LogP contribution in [0.1, 0.15) is 55.5 Å². The Morgan fingerprint density at radius 3 is 2.50 bits per heavy atom. The highest BCUT2D eigenvalue weighted by atomic mass is 16.2. The topological polar surface area (TPSA) is 61.4 Å². The molecule has 0 atom stereocenters. The summed E-state index contributed by atoms with van der Waals surface area (Å²) in [4.78, 5) is 26.7. The molecule has 144 valence electrons. The van der Waals surface area contributed by atoms with Gasteiger partial charge < -0.3 is 15.5 Å². The third kappa shape index (κ3) is 5.84. The molecule has 1 aromatic carbocycles. The Labute approximate surface area is 157 Å². The zero-order valence-corrected chi connectivity index (χ0v) is 16.6. The summed E-state index contributed by atoms with van der Waals surface area (Å²) in [6.07, 6.45) is 3.84. The second-order valence-electron chi connectivity index (χ2n) is 7.80. The molecule has 0 bridgehead atoms. The van der Waals surface area contributed by atoms with Gasteiger partial charge in [0.05, 0.1) is 0 Å². The maximum atomic E-state index is 12.8. The van der Waals surface area contributed by atoms with Gasteiger partial charge in [0.25, 0.3) is 5.91 Å². The first-order valence-corrected chi connectivity index (χ1v) is 9.75. The van der Waals surface area contributed by atoms with Gasteiger partial charge in [-0.3, -0.25) is 9.59 Å². The van der Waals surface area contributed by atoms with Gasteiger partial charge in [-0.2, -0.15) is 0 Å². The van der Waals surface area contributed by atoms with Crippen LogP contribution < -0.4 is 10.6 Å². The van der Waals surface area contributed by atoms with Crippen molar-refractivity contribution < 1.29 is 9.59 Å². The summed E-state index contributed by atoms with van der Waals surface area (Å²) in [5.41, 5.74) is 2.42. The van der Waals surface area contributed by atoms with E-state index >= 15 is 0 Å². The number of carbonyl (C=O) groups is 2. The van der Waals surface area contributed by atoms with E-state index in [0.29, 0.717) is 23.8 Å². The van der Waals surface area contributed by atoms with Crippen LogP contribution in [0.3, 0.4) is 0 Å². The zero-order chi connectivity index (χ0) is 19.1. The van der Waals surface area contributed by atoms with Crippen molar-refractivity contribution in [1.82, 2.24) is 10.2 Å². The number of anilines is 1. The molecule has 1 aromatic rings. The van der Waals surface area contributed by atoms with Gasteiger partial charge in [0.2, 0.25) is 5.91 Å². The molecule has 0 aliphatic carbocycles. The van der Waals surface area contributed by atoms with Gasteiger partial charge in [-0.1, -0.05) is 13.8 Å². The first-order valence-electron chi connectivity index (χ1n) is 9.75. The minimum absolute atomic E-state index is 0.0193. The van der Waals surface area contributed by atoms with Crippen molar-refractivity contribution in [2.24, 2.45) is 11.8 Å². The Morgan fingerprint density at radius 2 is 1.92 bits per heavy atom. The Bertz CT molecular complexity index is 620. The number of nitrogens with one attached hydrogen (secondary N) is 2. The largest absolute Gasteiger partial charge is 0.339 e. The van der Waals surface area contributed by atoms with Gasteiger partial charge in [-0.05, 0) is 75.4 Å². The summed E-state index contributed by atoms with van der Waals surface area (Å²) in [5.74, 6) is 1.16. The number of hydrogen-bond donors (Lipinski definition) is 2. The van der Waals surface area contributed by atoms with E-state index in [4.69, 9.17) is 0 Å². The Kier molecular flexibility index (Phi) is 7.64. The second-order valence-corrected chi connectivity index (χ2v) is 7.80. The molecule has 1 saturated heterocycles. The number of carbonyl (C=O) groups excluding carboxylic acids is 2. The standard InChI is InChI=1S/C21H33N3O2/c1-15(2)13-20(25)23-19-6-5-18(14-16(19)3)21(26)24-11-8-17(9-12-24)7-10-22-4/h5-6,14-15,17,22H,7-13H2,1-4H3,(H,23,25). The lowest BCUT2D eigenvalue weighted by atomic mass is 9.93. The van der Waals surface area contributed by atoms with E-state index in [0.717, 1.165) is 43.7 Å². The number of nitrogens with zero attached hydrogens (tertiary/aromatic N) is 1. The molecule has 5 nitrogen and oxygen atoms in total. The van der Waals surface area contributed by atoms with Crippen molar-refractivity contribution in [2.75, 3.05) is 32.0 Å². The Hall–Kier alpha value is -1.88. The Balaban J connectivity index is 1.94. The molecule has 2 N–H and O–H groups in total. The van der Waals surface area contributed by atoms with Gasteiger partial charge in [-0.15, -0.1) is 0 Å². The lowest BCUT2D eigenvalue weighted by Crippen LogP contribution is -2.39. The number of aryl methyl sites for hydroxylation is 1. The maximum absolute atomic E-state index is 12.8. The molecule has 2 amide bonds.